The topological polar surface area (TPSA) is 107 Å². The molecule has 0 aliphatic heterocycles. The van der Waals surface area contributed by atoms with Crippen LogP contribution in [0.4, 0.5) is 5.88 Å². The molecular formula is C13H9BrClN3O5. The predicted molar refractivity (Wildman–Crippen MR) is 85.7 cm³/mol. The molecule has 0 bridgehead atoms. The lowest BCUT2D eigenvalue weighted by molar-refractivity contribution is -0.402. The third-order valence-corrected chi connectivity index (χ3v) is 3.21. The van der Waals surface area contributed by atoms with Gasteiger partial charge in [-0.05, 0) is 24.3 Å². The van der Waals surface area contributed by atoms with Gasteiger partial charge in [0.25, 0.3) is 5.91 Å². The Morgan fingerprint density at radius 1 is 1.48 bits per heavy atom. The summed E-state index contributed by atoms with van der Waals surface area (Å²) in [7, 11) is 0. The molecule has 0 saturated heterocycles. The van der Waals surface area contributed by atoms with Crippen LogP contribution in [0.15, 0.2) is 44.3 Å². The summed E-state index contributed by atoms with van der Waals surface area (Å²) in [6.07, 6.45) is 1.14. The van der Waals surface area contributed by atoms with Crippen LogP contribution in [0.2, 0.25) is 5.02 Å². The van der Waals surface area contributed by atoms with Crippen molar-refractivity contribution in [2.24, 2.45) is 5.10 Å². The number of nitro groups is 1. The molecule has 0 spiro atoms. The Hall–Kier alpha value is -2.39. The Morgan fingerprint density at radius 3 is 2.91 bits per heavy atom. The standard InChI is InChI=1S/C13H9BrClN3O5/c14-8-1-3-11(10(15)5-8)22-7-12(19)17-16-6-9-2-4-13(23-9)18(20)21/h1-6H,7H2,(H,17,19)/b16-6+. The highest BCUT2D eigenvalue weighted by Crippen LogP contribution is 2.27. The lowest BCUT2D eigenvalue weighted by Crippen LogP contribution is -2.24. The first-order chi connectivity index (χ1) is 11.0. The van der Waals surface area contributed by atoms with Crippen LogP contribution in [0.3, 0.4) is 0 Å². The third kappa shape index (κ3) is 5.08. The molecule has 8 nitrogen and oxygen atoms in total. The molecule has 1 aromatic carbocycles. The number of rotatable bonds is 6. The smallest absolute Gasteiger partial charge is 0.433 e. The minimum atomic E-state index is -0.675. The maximum absolute atomic E-state index is 11.6. The summed E-state index contributed by atoms with van der Waals surface area (Å²) in [5.41, 5.74) is 2.19. The van der Waals surface area contributed by atoms with Crippen molar-refractivity contribution in [1.29, 1.82) is 0 Å². The molecule has 23 heavy (non-hydrogen) atoms. The second-order valence-electron chi connectivity index (χ2n) is 4.09. The number of ether oxygens (including phenoxy) is 1. The van der Waals surface area contributed by atoms with Gasteiger partial charge in [-0.25, -0.2) is 5.43 Å². The van der Waals surface area contributed by atoms with Gasteiger partial charge in [-0.3, -0.25) is 14.9 Å². The lowest BCUT2D eigenvalue weighted by atomic mass is 10.3. The molecule has 1 amide bonds. The average molecular weight is 403 g/mol. The van der Waals surface area contributed by atoms with Gasteiger partial charge >= 0.3 is 5.88 Å². The van der Waals surface area contributed by atoms with Crippen molar-refractivity contribution in [2.75, 3.05) is 6.61 Å². The van der Waals surface area contributed by atoms with Crippen LogP contribution < -0.4 is 10.2 Å². The van der Waals surface area contributed by atoms with Crippen molar-refractivity contribution in [1.82, 2.24) is 5.43 Å². The average Bonchev–Trinajstić information content (AvgIpc) is 2.95. The Kier molecular flexibility index (Phi) is 5.72. The second kappa shape index (κ2) is 7.75. The molecule has 0 saturated carbocycles. The molecule has 0 atom stereocenters. The monoisotopic (exact) mass is 401 g/mol. The van der Waals surface area contributed by atoms with Gasteiger partial charge in [0.05, 0.1) is 17.3 Å². The van der Waals surface area contributed by atoms with Crippen LogP contribution in [0.5, 0.6) is 5.75 Å². The van der Waals surface area contributed by atoms with E-state index in [9.17, 15) is 14.9 Å². The summed E-state index contributed by atoms with van der Waals surface area (Å²) < 4.78 is 10.9. The van der Waals surface area contributed by atoms with Crippen molar-refractivity contribution in [3.05, 3.63) is 55.7 Å². The van der Waals surface area contributed by atoms with E-state index >= 15 is 0 Å². The molecule has 0 radical (unpaired) electrons. The van der Waals surface area contributed by atoms with Crippen molar-refractivity contribution in [3.63, 3.8) is 0 Å². The predicted octanol–water partition coefficient (Wildman–Crippen LogP) is 3.13. The number of hydrogen-bond donors (Lipinski definition) is 1. The summed E-state index contributed by atoms with van der Waals surface area (Å²) in [6, 6.07) is 7.51. The fourth-order valence-corrected chi connectivity index (χ4v) is 2.17. The Balaban J connectivity index is 1.82. The number of furan rings is 1. The summed E-state index contributed by atoms with van der Waals surface area (Å²) in [5.74, 6) is -0.447. The number of hydrazone groups is 1. The number of nitrogens with one attached hydrogen (secondary N) is 1. The number of hydrogen-bond acceptors (Lipinski definition) is 6. The summed E-state index contributed by atoms with van der Waals surface area (Å²) in [4.78, 5) is 21.3. The highest BCUT2D eigenvalue weighted by Gasteiger charge is 2.10. The molecule has 1 aromatic heterocycles. The normalized spacial score (nSPS) is 10.7. The quantitative estimate of drug-likeness (QED) is 0.454. The molecule has 0 aliphatic carbocycles. The van der Waals surface area contributed by atoms with Gasteiger partial charge in [0, 0.05) is 4.47 Å². The molecule has 2 aromatic rings. The second-order valence-corrected chi connectivity index (χ2v) is 5.41. The van der Waals surface area contributed by atoms with Gasteiger partial charge in [-0.2, -0.15) is 5.10 Å². The molecule has 0 aliphatic rings. The van der Waals surface area contributed by atoms with E-state index in [0.717, 1.165) is 10.7 Å². The van der Waals surface area contributed by atoms with E-state index in [1.807, 2.05) is 0 Å². The van der Waals surface area contributed by atoms with Crippen LogP contribution in [0.25, 0.3) is 0 Å². The minimum absolute atomic E-state index is 0.133. The molecule has 120 valence electrons. The SMILES string of the molecule is O=C(COc1ccc(Br)cc1Cl)N/N=C/c1ccc([N+](=O)[O-])o1. The Bertz CT molecular complexity index is 762. The maximum atomic E-state index is 11.6. The van der Waals surface area contributed by atoms with E-state index in [0.29, 0.717) is 10.8 Å². The van der Waals surface area contributed by atoms with Crippen molar-refractivity contribution in [3.8, 4) is 5.75 Å². The highest BCUT2D eigenvalue weighted by atomic mass is 79.9. The Labute approximate surface area is 143 Å². The van der Waals surface area contributed by atoms with Crippen LogP contribution in [-0.2, 0) is 4.79 Å². The molecule has 0 unspecified atom stereocenters. The zero-order chi connectivity index (χ0) is 16.8. The number of carbonyl (C=O) groups excluding carboxylic acids is 1. The lowest BCUT2D eigenvalue weighted by Gasteiger charge is -2.06. The van der Waals surface area contributed by atoms with Crippen LogP contribution in [0, 0.1) is 10.1 Å². The molecule has 0 fully saturated rings. The zero-order valence-corrected chi connectivity index (χ0v) is 13.7. The largest absolute Gasteiger partial charge is 0.482 e. The first-order valence-corrected chi connectivity index (χ1v) is 7.27. The van der Waals surface area contributed by atoms with E-state index in [-0.39, 0.29) is 12.4 Å². The van der Waals surface area contributed by atoms with Crippen molar-refractivity contribution < 1.29 is 18.9 Å². The minimum Gasteiger partial charge on any atom is -0.482 e. The third-order valence-electron chi connectivity index (χ3n) is 2.43. The van der Waals surface area contributed by atoms with Gasteiger partial charge in [0.15, 0.2) is 12.4 Å². The van der Waals surface area contributed by atoms with E-state index < -0.39 is 16.7 Å². The fraction of sp³-hybridized carbons (Fsp3) is 0.0769. The van der Waals surface area contributed by atoms with Crippen LogP contribution in [0.1, 0.15) is 5.76 Å². The molecular weight excluding hydrogens is 394 g/mol. The number of carbonyl (C=O) groups is 1. The van der Waals surface area contributed by atoms with Crippen LogP contribution in [-0.4, -0.2) is 23.7 Å². The zero-order valence-electron chi connectivity index (χ0n) is 11.4. The van der Waals surface area contributed by atoms with E-state index in [2.05, 4.69) is 26.5 Å². The summed E-state index contributed by atoms with van der Waals surface area (Å²) >= 11 is 9.20. The van der Waals surface area contributed by atoms with Gasteiger partial charge < -0.3 is 9.15 Å². The number of amides is 1. The maximum Gasteiger partial charge on any atom is 0.433 e. The summed E-state index contributed by atoms with van der Waals surface area (Å²) in [6.45, 7) is -0.295. The van der Waals surface area contributed by atoms with Gasteiger partial charge in [0.1, 0.15) is 10.7 Å². The van der Waals surface area contributed by atoms with E-state index in [4.69, 9.17) is 20.8 Å². The molecule has 2 rings (SSSR count). The number of halogens is 2. The van der Waals surface area contributed by atoms with Crippen molar-refractivity contribution >= 4 is 45.5 Å². The fourth-order valence-electron chi connectivity index (χ4n) is 1.45. The summed E-state index contributed by atoms with van der Waals surface area (Å²) in [5, 5.41) is 14.4. The number of benzene rings is 1. The first-order valence-electron chi connectivity index (χ1n) is 6.09. The number of nitrogens with zero attached hydrogens (tertiary/aromatic N) is 2. The Morgan fingerprint density at radius 2 is 2.26 bits per heavy atom. The molecule has 10 heteroatoms. The van der Waals surface area contributed by atoms with Gasteiger partial charge in [-0.15, -0.1) is 0 Å². The van der Waals surface area contributed by atoms with Crippen LogP contribution >= 0.6 is 27.5 Å². The highest BCUT2D eigenvalue weighted by molar-refractivity contribution is 9.10. The molecule has 1 N–H and O–H groups in total. The van der Waals surface area contributed by atoms with Gasteiger partial charge in [-0.1, -0.05) is 27.5 Å². The molecule has 1 heterocycles. The van der Waals surface area contributed by atoms with Crippen molar-refractivity contribution in [2.45, 2.75) is 0 Å². The first kappa shape index (κ1) is 17.0. The van der Waals surface area contributed by atoms with E-state index in [1.165, 1.54) is 12.1 Å². The van der Waals surface area contributed by atoms with E-state index in [1.54, 1.807) is 18.2 Å². The van der Waals surface area contributed by atoms with Gasteiger partial charge in [0.2, 0.25) is 0 Å².